The lowest BCUT2D eigenvalue weighted by Crippen LogP contribution is -2.61. The number of ether oxygens (including phenoxy) is 3. The standard InChI is InChI=1S/C12H22O9S/c13-2-5-8(16)9(17)10(18)12(20-5)21-11-4(15)1-7(22)19-6(11)3-14/h4-18,22H,1-3H2. The van der Waals surface area contributed by atoms with Crippen molar-refractivity contribution in [3.8, 4) is 0 Å². The molecule has 0 bridgehead atoms. The SMILES string of the molecule is OCC1OC(OC2C(O)CC(S)OC2CO)C(O)C(O)C1O. The summed E-state index contributed by atoms with van der Waals surface area (Å²) in [4.78, 5) is 0. The molecule has 9 unspecified atom stereocenters. The summed E-state index contributed by atoms with van der Waals surface area (Å²) in [5.41, 5.74) is -0.568. The van der Waals surface area contributed by atoms with Crippen molar-refractivity contribution in [2.24, 2.45) is 0 Å². The number of hydrogen-bond donors (Lipinski definition) is 7. The molecule has 2 heterocycles. The minimum Gasteiger partial charge on any atom is -0.394 e. The largest absolute Gasteiger partial charge is 0.394 e. The average molecular weight is 342 g/mol. The molecule has 2 fully saturated rings. The monoisotopic (exact) mass is 342 g/mol. The van der Waals surface area contributed by atoms with Gasteiger partial charge < -0.3 is 44.8 Å². The van der Waals surface area contributed by atoms with Crippen molar-refractivity contribution in [1.82, 2.24) is 0 Å². The molecular weight excluding hydrogens is 320 g/mol. The Morgan fingerprint density at radius 1 is 0.909 bits per heavy atom. The van der Waals surface area contributed by atoms with Crippen molar-refractivity contribution in [1.29, 1.82) is 0 Å². The first-order valence-electron chi connectivity index (χ1n) is 6.97. The van der Waals surface area contributed by atoms with Crippen LogP contribution in [0.2, 0.25) is 0 Å². The van der Waals surface area contributed by atoms with Crippen LogP contribution in [0.5, 0.6) is 0 Å². The van der Waals surface area contributed by atoms with Crippen molar-refractivity contribution < 1.29 is 44.8 Å². The maximum atomic E-state index is 10.0. The maximum absolute atomic E-state index is 10.0. The molecule has 0 aromatic rings. The Balaban J connectivity index is 2.07. The van der Waals surface area contributed by atoms with Crippen LogP contribution >= 0.6 is 12.6 Å². The number of thiol groups is 1. The molecule has 6 N–H and O–H groups in total. The smallest absolute Gasteiger partial charge is 0.187 e. The Morgan fingerprint density at radius 2 is 1.55 bits per heavy atom. The van der Waals surface area contributed by atoms with Gasteiger partial charge in [0.25, 0.3) is 0 Å². The second kappa shape index (κ2) is 7.71. The molecule has 0 aromatic carbocycles. The molecule has 0 aliphatic carbocycles. The molecule has 2 saturated heterocycles. The predicted molar refractivity (Wildman–Crippen MR) is 74.0 cm³/mol. The Morgan fingerprint density at radius 3 is 2.14 bits per heavy atom. The predicted octanol–water partition coefficient (Wildman–Crippen LogP) is -3.43. The lowest BCUT2D eigenvalue weighted by Gasteiger charge is -2.44. The molecule has 10 heteroatoms. The van der Waals surface area contributed by atoms with Gasteiger partial charge in [-0.2, -0.15) is 0 Å². The molecule has 0 radical (unpaired) electrons. The minimum absolute atomic E-state index is 0.141. The molecule has 2 aliphatic rings. The number of aliphatic hydroxyl groups is 6. The molecule has 22 heavy (non-hydrogen) atoms. The van der Waals surface area contributed by atoms with E-state index < -0.39 is 67.7 Å². The van der Waals surface area contributed by atoms with E-state index in [1.807, 2.05) is 0 Å². The normalized spacial score (nSPS) is 50.0. The van der Waals surface area contributed by atoms with E-state index in [2.05, 4.69) is 12.6 Å². The highest BCUT2D eigenvalue weighted by Gasteiger charge is 2.47. The lowest BCUT2D eigenvalue weighted by atomic mass is 9.98. The van der Waals surface area contributed by atoms with Crippen LogP contribution in [0.3, 0.4) is 0 Å². The molecule has 9 atom stereocenters. The summed E-state index contributed by atoms with van der Waals surface area (Å²) in [5.74, 6) is 0. The minimum atomic E-state index is -1.59. The van der Waals surface area contributed by atoms with Crippen LogP contribution in [0.4, 0.5) is 0 Å². The van der Waals surface area contributed by atoms with Gasteiger partial charge in [0.15, 0.2) is 6.29 Å². The van der Waals surface area contributed by atoms with Gasteiger partial charge in [0, 0.05) is 6.42 Å². The van der Waals surface area contributed by atoms with Crippen molar-refractivity contribution in [3.05, 3.63) is 0 Å². The van der Waals surface area contributed by atoms with Crippen LogP contribution in [-0.4, -0.2) is 98.3 Å². The van der Waals surface area contributed by atoms with Crippen LogP contribution in [0, 0.1) is 0 Å². The fourth-order valence-corrected chi connectivity index (χ4v) is 2.96. The van der Waals surface area contributed by atoms with Gasteiger partial charge in [0.2, 0.25) is 0 Å². The molecular formula is C12H22O9S. The lowest BCUT2D eigenvalue weighted by molar-refractivity contribution is -0.331. The zero-order valence-electron chi connectivity index (χ0n) is 11.7. The van der Waals surface area contributed by atoms with E-state index in [9.17, 15) is 25.5 Å². The van der Waals surface area contributed by atoms with Gasteiger partial charge in [-0.1, -0.05) is 0 Å². The van der Waals surface area contributed by atoms with Crippen molar-refractivity contribution in [2.45, 2.75) is 60.9 Å². The first-order valence-corrected chi connectivity index (χ1v) is 7.49. The zero-order chi connectivity index (χ0) is 16.4. The van der Waals surface area contributed by atoms with Crippen molar-refractivity contribution >= 4 is 12.6 Å². The second-order valence-electron chi connectivity index (χ2n) is 5.41. The summed E-state index contributed by atoms with van der Waals surface area (Å²) < 4.78 is 16.0. The van der Waals surface area contributed by atoms with E-state index in [-0.39, 0.29) is 6.42 Å². The number of rotatable bonds is 4. The van der Waals surface area contributed by atoms with Crippen molar-refractivity contribution in [2.75, 3.05) is 13.2 Å². The average Bonchev–Trinajstić information content (AvgIpc) is 2.49. The topological polar surface area (TPSA) is 149 Å². The van der Waals surface area contributed by atoms with Gasteiger partial charge in [-0.25, -0.2) is 0 Å². The Hall–Kier alpha value is -0.0100. The molecule has 0 saturated carbocycles. The molecule has 0 amide bonds. The summed E-state index contributed by atoms with van der Waals surface area (Å²) in [6, 6.07) is 0. The number of aliphatic hydroxyl groups excluding tert-OH is 6. The van der Waals surface area contributed by atoms with E-state index in [1.54, 1.807) is 0 Å². The van der Waals surface area contributed by atoms with E-state index in [0.717, 1.165) is 0 Å². The third-order valence-electron chi connectivity index (χ3n) is 3.84. The van der Waals surface area contributed by atoms with Crippen molar-refractivity contribution in [3.63, 3.8) is 0 Å². The summed E-state index contributed by atoms with van der Waals surface area (Å²) in [6.45, 7) is -1.03. The van der Waals surface area contributed by atoms with Gasteiger partial charge in [-0.15, -0.1) is 12.6 Å². The fraction of sp³-hybridized carbons (Fsp3) is 1.00. The molecule has 9 nitrogen and oxygen atoms in total. The fourth-order valence-electron chi connectivity index (χ4n) is 2.58. The first-order chi connectivity index (χ1) is 10.4. The Kier molecular flexibility index (Phi) is 6.42. The molecule has 2 rings (SSSR count). The first kappa shape index (κ1) is 18.3. The summed E-state index contributed by atoms with van der Waals surface area (Å²) in [5, 5.41) is 57.8. The quantitative estimate of drug-likeness (QED) is 0.259. The third kappa shape index (κ3) is 3.73. The Bertz CT molecular complexity index is 357. The van der Waals surface area contributed by atoms with Crippen LogP contribution < -0.4 is 0 Å². The van der Waals surface area contributed by atoms with Gasteiger partial charge in [0.1, 0.15) is 42.1 Å². The van der Waals surface area contributed by atoms with Gasteiger partial charge >= 0.3 is 0 Å². The zero-order valence-corrected chi connectivity index (χ0v) is 12.6. The summed E-state index contributed by atoms with van der Waals surface area (Å²) in [7, 11) is 0. The highest BCUT2D eigenvalue weighted by atomic mass is 32.1. The molecule has 2 aliphatic heterocycles. The van der Waals surface area contributed by atoms with E-state index in [1.165, 1.54) is 0 Å². The number of hydrogen-bond acceptors (Lipinski definition) is 10. The molecule has 0 aromatic heterocycles. The molecule has 130 valence electrons. The van der Waals surface area contributed by atoms with E-state index >= 15 is 0 Å². The van der Waals surface area contributed by atoms with E-state index in [4.69, 9.17) is 19.3 Å². The molecule has 0 spiro atoms. The van der Waals surface area contributed by atoms with Crippen LogP contribution in [0.15, 0.2) is 0 Å². The highest BCUT2D eigenvalue weighted by molar-refractivity contribution is 7.80. The summed E-state index contributed by atoms with van der Waals surface area (Å²) in [6.07, 6.45) is -9.97. The Labute approximate surface area is 132 Å². The van der Waals surface area contributed by atoms with Gasteiger partial charge in [0.05, 0.1) is 19.3 Å². The summed E-state index contributed by atoms with van der Waals surface area (Å²) >= 11 is 4.08. The van der Waals surface area contributed by atoms with Gasteiger partial charge in [-0.05, 0) is 0 Å². The van der Waals surface area contributed by atoms with E-state index in [0.29, 0.717) is 0 Å². The maximum Gasteiger partial charge on any atom is 0.187 e. The third-order valence-corrected chi connectivity index (χ3v) is 4.17. The van der Waals surface area contributed by atoms with Crippen LogP contribution in [0.25, 0.3) is 0 Å². The second-order valence-corrected chi connectivity index (χ2v) is 5.99. The van der Waals surface area contributed by atoms with Crippen LogP contribution in [0.1, 0.15) is 6.42 Å². The van der Waals surface area contributed by atoms with Gasteiger partial charge in [-0.3, -0.25) is 0 Å². The van der Waals surface area contributed by atoms with Crippen LogP contribution in [-0.2, 0) is 14.2 Å². The highest BCUT2D eigenvalue weighted by Crippen LogP contribution is 2.29.